The Kier molecular flexibility index (Phi) is 3.82. The van der Waals surface area contributed by atoms with Crippen LogP contribution in [0.4, 0.5) is 0 Å². The number of hydrogen-bond donors (Lipinski definition) is 0. The maximum absolute atomic E-state index is 2.41. The Morgan fingerprint density at radius 1 is 1.23 bits per heavy atom. The summed E-state index contributed by atoms with van der Waals surface area (Å²) in [6.45, 7) is 9.48. The second-order valence-corrected chi connectivity index (χ2v) is 5.14. The van der Waals surface area contributed by atoms with Gasteiger partial charge in [-0.1, -0.05) is 47.0 Å². The summed E-state index contributed by atoms with van der Waals surface area (Å²) >= 11 is 0. The molecule has 13 heavy (non-hydrogen) atoms. The summed E-state index contributed by atoms with van der Waals surface area (Å²) < 4.78 is 0. The van der Waals surface area contributed by atoms with Gasteiger partial charge in [0.2, 0.25) is 0 Å². The van der Waals surface area contributed by atoms with Crippen molar-refractivity contribution in [2.45, 2.75) is 66.2 Å². The maximum Gasteiger partial charge on any atom is -0.0246 e. The first kappa shape index (κ1) is 11.1. The predicted octanol–water partition coefficient (Wildman–Crippen LogP) is 4.64. The summed E-state index contributed by atoms with van der Waals surface area (Å²) in [5, 5.41) is 0. The lowest BCUT2D eigenvalue weighted by atomic mass is 9.86. The third-order valence-electron chi connectivity index (χ3n) is 4.24. The van der Waals surface area contributed by atoms with E-state index in [2.05, 4.69) is 27.7 Å². The molecule has 0 N–H and O–H groups in total. The van der Waals surface area contributed by atoms with E-state index in [1.54, 1.807) is 0 Å². The molecule has 0 nitrogen and oxygen atoms in total. The van der Waals surface area contributed by atoms with E-state index in [9.17, 15) is 0 Å². The summed E-state index contributed by atoms with van der Waals surface area (Å²) in [5.41, 5.74) is 0.758. The first-order chi connectivity index (χ1) is 6.17. The standard InChI is InChI=1S/C13H26/c1-5-7-8-9-12-10-13(12,6-2)11(3)4/h11-12H,5-10H2,1-4H3. The van der Waals surface area contributed by atoms with E-state index in [-0.39, 0.29) is 0 Å². The zero-order valence-corrected chi connectivity index (χ0v) is 9.90. The van der Waals surface area contributed by atoms with E-state index in [0.717, 1.165) is 17.3 Å². The molecule has 0 aromatic heterocycles. The molecule has 0 spiro atoms. The first-order valence-electron chi connectivity index (χ1n) is 6.17. The molecule has 2 unspecified atom stereocenters. The van der Waals surface area contributed by atoms with Crippen molar-refractivity contribution in [2.75, 3.05) is 0 Å². The van der Waals surface area contributed by atoms with Gasteiger partial charge in [-0.2, -0.15) is 0 Å². The van der Waals surface area contributed by atoms with Crippen LogP contribution in [0.1, 0.15) is 66.2 Å². The van der Waals surface area contributed by atoms with Crippen LogP contribution in [-0.2, 0) is 0 Å². The van der Waals surface area contributed by atoms with Gasteiger partial charge in [0.05, 0.1) is 0 Å². The summed E-state index contributed by atoms with van der Waals surface area (Å²) in [4.78, 5) is 0. The molecule has 1 aliphatic rings. The third-order valence-corrected chi connectivity index (χ3v) is 4.24. The molecule has 0 heterocycles. The summed E-state index contributed by atoms with van der Waals surface area (Å²) in [7, 11) is 0. The molecule has 0 radical (unpaired) electrons. The lowest BCUT2D eigenvalue weighted by Gasteiger charge is -2.19. The molecule has 78 valence electrons. The van der Waals surface area contributed by atoms with Gasteiger partial charge in [0.15, 0.2) is 0 Å². The monoisotopic (exact) mass is 182 g/mol. The summed E-state index contributed by atoms with van der Waals surface area (Å²) in [6.07, 6.45) is 8.70. The van der Waals surface area contributed by atoms with Crippen molar-refractivity contribution in [1.29, 1.82) is 0 Å². The molecular weight excluding hydrogens is 156 g/mol. The SMILES string of the molecule is CCCCCC1CC1(CC)C(C)C. The van der Waals surface area contributed by atoms with Gasteiger partial charge >= 0.3 is 0 Å². The highest BCUT2D eigenvalue weighted by Gasteiger charge is 2.53. The fraction of sp³-hybridized carbons (Fsp3) is 1.00. The van der Waals surface area contributed by atoms with Gasteiger partial charge in [-0.3, -0.25) is 0 Å². The second kappa shape index (κ2) is 4.48. The highest BCUT2D eigenvalue weighted by atomic mass is 14.6. The van der Waals surface area contributed by atoms with E-state index >= 15 is 0 Å². The average Bonchev–Trinajstić information content (AvgIpc) is 2.81. The van der Waals surface area contributed by atoms with Crippen molar-refractivity contribution in [3.8, 4) is 0 Å². The first-order valence-corrected chi connectivity index (χ1v) is 6.17. The number of hydrogen-bond acceptors (Lipinski definition) is 0. The minimum atomic E-state index is 0.758. The Balaban J connectivity index is 2.25. The summed E-state index contributed by atoms with van der Waals surface area (Å²) in [5.74, 6) is 1.98. The molecule has 1 rings (SSSR count). The number of rotatable bonds is 6. The van der Waals surface area contributed by atoms with Crippen LogP contribution in [0.5, 0.6) is 0 Å². The molecule has 0 aromatic carbocycles. The third kappa shape index (κ3) is 2.27. The largest absolute Gasteiger partial charge is 0.0654 e. The molecule has 2 atom stereocenters. The van der Waals surface area contributed by atoms with E-state index in [0.29, 0.717) is 0 Å². The van der Waals surface area contributed by atoms with Gasteiger partial charge in [0.25, 0.3) is 0 Å². The molecule has 0 saturated heterocycles. The second-order valence-electron chi connectivity index (χ2n) is 5.14. The van der Waals surface area contributed by atoms with Crippen LogP contribution in [0.3, 0.4) is 0 Å². The van der Waals surface area contributed by atoms with Crippen molar-refractivity contribution < 1.29 is 0 Å². The molecule has 0 aliphatic heterocycles. The van der Waals surface area contributed by atoms with Crippen LogP contribution >= 0.6 is 0 Å². The van der Waals surface area contributed by atoms with Crippen molar-refractivity contribution >= 4 is 0 Å². The molecule has 1 fully saturated rings. The van der Waals surface area contributed by atoms with E-state index in [1.165, 1.54) is 38.5 Å². The fourth-order valence-corrected chi connectivity index (χ4v) is 2.98. The topological polar surface area (TPSA) is 0 Å². The molecule has 0 aromatic rings. The van der Waals surface area contributed by atoms with Crippen molar-refractivity contribution in [3.63, 3.8) is 0 Å². The molecule has 1 aliphatic carbocycles. The van der Waals surface area contributed by atoms with E-state index < -0.39 is 0 Å². The summed E-state index contributed by atoms with van der Waals surface area (Å²) in [6, 6.07) is 0. The van der Waals surface area contributed by atoms with Crippen LogP contribution in [0.15, 0.2) is 0 Å². The Bertz CT molecular complexity index is 148. The highest BCUT2D eigenvalue weighted by molar-refractivity contribution is 5.02. The van der Waals surface area contributed by atoms with E-state index in [4.69, 9.17) is 0 Å². The highest BCUT2D eigenvalue weighted by Crippen LogP contribution is 2.62. The normalized spacial score (nSPS) is 32.5. The number of unbranched alkanes of at least 4 members (excludes halogenated alkanes) is 2. The fourth-order valence-electron chi connectivity index (χ4n) is 2.98. The van der Waals surface area contributed by atoms with Gasteiger partial charge in [-0.15, -0.1) is 0 Å². The van der Waals surface area contributed by atoms with Crippen LogP contribution in [0.2, 0.25) is 0 Å². The van der Waals surface area contributed by atoms with Gasteiger partial charge < -0.3 is 0 Å². The van der Waals surface area contributed by atoms with Gasteiger partial charge in [0.1, 0.15) is 0 Å². The van der Waals surface area contributed by atoms with Gasteiger partial charge in [0, 0.05) is 0 Å². The molecule has 0 amide bonds. The molecule has 0 heteroatoms. The molecular formula is C13H26. The Morgan fingerprint density at radius 2 is 1.92 bits per heavy atom. The van der Waals surface area contributed by atoms with Crippen LogP contribution in [0, 0.1) is 17.3 Å². The molecule has 1 saturated carbocycles. The van der Waals surface area contributed by atoms with Crippen LogP contribution in [0.25, 0.3) is 0 Å². The van der Waals surface area contributed by atoms with Crippen molar-refractivity contribution in [3.05, 3.63) is 0 Å². The van der Waals surface area contributed by atoms with Gasteiger partial charge in [-0.25, -0.2) is 0 Å². The van der Waals surface area contributed by atoms with Crippen molar-refractivity contribution in [2.24, 2.45) is 17.3 Å². The lowest BCUT2D eigenvalue weighted by molar-refractivity contribution is 0.303. The lowest BCUT2D eigenvalue weighted by Crippen LogP contribution is -2.11. The van der Waals surface area contributed by atoms with Crippen LogP contribution in [-0.4, -0.2) is 0 Å². The minimum Gasteiger partial charge on any atom is -0.0654 e. The zero-order valence-electron chi connectivity index (χ0n) is 9.90. The maximum atomic E-state index is 2.41. The van der Waals surface area contributed by atoms with Crippen molar-refractivity contribution in [1.82, 2.24) is 0 Å². The quantitative estimate of drug-likeness (QED) is 0.525. The van der Waals surface area contributed by atoms with Crippen LogP contribution < -0.4 is 0 Å². The minimum absolute atomic E-state index is 0.758. The Morgan fingerprint density at radius 3 is 2.31 bits per heavy atom. The Labute approximate surface area is 84.1 Å². The average molecular weight is 182 g/mol. The smallest absolute Gasteiger partial charge is 0.0246 e. The Hall–Kier alpha value is 0. The van der Waals surface area contributed by atoms with E-state index in [1.807, 2.05) is 0 Å². The molecule has 0 bridgehead atoms. The van der Waals surface area contributed by atoms with Gasteiger partial charge in [-0.05, 0) is 36.5 Å². The zero-order chi connectivity index (χ0) is 9.90. The predicted molar refractivity (Wildman–Crippen MR) is 59.8 cm³/mol.